The summed E-state index contributed by atoms with van der Waals surface area (Å²) in [5, 5.41) is 22.2. The van der Waals surface area contributed by atoms with Gasteiger partial charge in [-0.1, -0.05) is 0 Å². The minimum absolute atomic E-state index is 0.0414. The number of nitrogens with zero attached hydrogens (tertiary/aromatic N) is 1. The predicted molar refractivity (Wildman–Crippen MR) is 91.6 cm³/mol. The van der Waals surface area contributed by atoms with Crippen molar-refractivity contribution in [2.45, 2.75) is 30.7 Å². The summed E-state index contributed by atoms with van der Waals surface area (Å²) in [5.74, 6) is -3.16. The number of aliphatic carboxylic acids is 2. The molecule has 11 nitrogen and oxygen atoms in total. The van der Waals surface area contributed by atoms with Crippen LogP contribution in [0.5, 0.6) is 0 Å². The molecule has 0 spiro atoms. The summed E-state index contributed by atoms with van der Waals surface area (Å²) in [6.45, 7) is -0.267. The Morgan fingerprint density at radius 1 is 1.26 bits per heavy atom. The van der Waals surface area contributed by atoms with Crippen LogP contribution in [0.15, 0.2) is 11.3 Å². The summed E-state index contributed by atoms with van der Waals surface area (Å²) in [7, 11) is 1.36. The molecule has 1 fully saturated rings. The molecule has 2 rings (SSSR count). The fourth-order valence-corrected chi connectivity index (χ4v) is 3.99. The van der Waals surface area contributed by atoms with Crippen LogP contribution in [-0.4, -0.2) is 75.8 Å². The van der Waals surface area contributed by atoms with Crippen molar-refractivity contribution < 1.29 is 38.9 Å². The molecule has 2 atom stereocenters. The van der Waals surface area contributed by atoms with Crippen molar-refractivity contribution >= 4 is 41.6 Å². The summed E-state index contributed by atoms with van der Waals surface area (Å²) >= 11 is 1.25. The first kappa shape index (κ1) is 20.6. The van der Waals surface area contributed by atoms with E-state index in [1.165, 1.54) is 18.8 Å². The molecule has 1 saturated heterocycles. The Kier molecular flexibility index (Phi) is 6.66. The molecule has 3 amide bonds. The number of hydrogen-bond acceptors (Lipinski definition) is 7. The zero-order valence-electron chi connectivity index (χ0n) is 14.4. The zero-order valence-corrected chi connectivity index (χ0v) is 15.2. The van der Waals surface area contributed by atoms with Crippen LogP contribution in [0.25, 0.3) is 0 Å². The fourth-order valence-electron chi connectivity index (χ4n) is 2.66. The van der Waals surface area contributed by atoms with Crippen LogP contribution in [-0.2, 0) is 23.9 Å². The maximum absolute atomic E-state index is 12.4. The molecule has 4 N–H and O–H groups in total. The first-order valence-electron chi connectivity index (χ1n) is 8.02. The summed E-state index contributed by atoms with van der Waals surface area (Å²) < 4.78 is 4.87. The van der Waals surface area contributed by atoms with Crippen molar-refractivity contribution in [1.29, 1.82) is 0 Å². The number of carbonyl (C=O) groups excluding carboxylic acids is 3. The molecule has 0 aromatic rings. The third kappa shape index (κ3) is 4.70. The molecular formula is C15H19N3O8S. The van der Waals surface area contributed by atoms with E-state index in [1.54, 1.807) is 0 Å². The first-order chi connectivity index (χ1) is 12.8. The lowest BCUT2D eigenvalue weighted by atomic mass is 10.0. The number of fused-ring (bicyclic) bond motifs is 1. The van der Waals surface area contributed by atoms with E-state index in [4.69, 9.17) is 9.84 Å². The third-order valence-corrected chi connectivity index (χ3v) is 5.28. The Morgan fingerprint density at radius 3 is 2.56 bits per heavy atom. The Bertz CT molecular complexity index is 707. The Labute approximate surface area is 158 Å². The number of carbonyl (C=O) groups is 5. The first-order valence-corrected chi connectivity index (χ1v) is 9.06. The topological polar surface area (TPSA) is 162 Å². The molecule has 0 radical (unpaired) electrons. The number of carboxylic acids is 2. The molecule has 0 aromatic heterocycles. The van der Waals surface area contributed by atoms with E-state index in [0.29, 0.717) is 0 Å². The summed E-state index contributed by atoms with van der Waals surface area (Å²) in [6, 6.07) is -0.872. The Balaban J connectivity index is 2.01. The number of nitrogens with one attached hydrogen (secondary N) is 2. The summed E-state index contributed by atoms with van der Waals surface area (Å²) in [6.07, 6.45) is -0.775. The van der Waals surface area contributed by atoms with Gasteiger partial charge in [-0.05, 0) is 6.42 Å². The maximum atomic E-state index is 12.4. The molecule has 2 aliphatic rings. The molecule has 27 heavy (non-hydrogen) atoms. The minimum atomic E-state index is -1.32. The Hall–Kier alpha value is -2.76. The highest BCUT2D eigenvalue weighted by molar-refractivity contribution is 8.00. The maximum Gasteiger partial charge on any atom is 0.407 e. The van der Waals surface area contributed by atoms with Gasteiger partial charge in [0.1, 0.15) is 23.7 Å². The van der Waals surface area contributed by atoms with Gasteiger partial charge in [0.2, 0.25) is 5.91 Å². The third-order valence-electron chi connectivity index (χ3n) is 3.94. The van der Waals surface area contributed by atoms with Gasteiger partial charge in [0.15, 0.2) is 0 Å². The predicted octanol–water partition coefficient (Wildman–Crippen LogP) is -0.664. The van der Waals surface area contributed by atoms with Crippen molar-refractivity contribution in [3.8, 4) is 0 Å². The van der Waals surface area contributed by atoms with Crippen molar-refractivity contribution in [2.24, 2.45) is 0 Å². The van der Waals surface area contributed by atoms with E-state index in [1.807, 2.05) is 0 Å². The van der Waals surface area contributed by atoms with E-state index < -0.39 is 41.3 Å². The standard InChI is InChI=1S/C15H19N3O8S/c1-16-15(25)26-5-7-6-27-13-10(12(22)18(13)11(7)14(23)24)17-8(19)3-2-4-9(20)21/h10,13H,2-6H2,1H3,(H,16,25)(H,17,19)(H,20,21)(H,23,24). The smallest absolute Gasteiger partial charge is 0.407 e. The molecular weight excluding hydrogens is 382 g/mol. The van der Waals surface area contributed by atoms with Crippen molar-refractivity contribution in [3.63, 3.8) is 0 Å². The second kappa shape index (κ2) is 8.75. The van der Waals surface area contributed by atoms with Crippen LogP contribution in [0.3, 0.4) is 0 Å². The van der Waals surface area contributed by atoms with Gasteiger partial charge in [-0.25, -0.2) is 9.59 Å². The number of β-lactam (4-membered cyclic amide) rings is 1. The van der Waals surface area contributed by atoms with Crippen molar-refractivity contribution in [3.05, 3.63) is 11.3 Å². The molecule has 0 saturated carbocycles. The Morgan fingerprint density at radius 2 is 1.96 bits per heavy atom. The van der Waals surface area contributed by atoms with Crippen LogP contribution in [0.2, 0.25) is 0 Å². The van der Waals surface area contributed by atoms with E-state index >= 15 is 0 Å². The SMILES string of the molecule is CNC(=O)OCC1=C(C(=O)O)N2C(=O)C(NC(=O)CCCC(=O)O)C2SC1. The van der Waals surface area contributed by atoms with E-state index in [-0.39, 0.29) is 42.9 Å². The molecule has 148 valence electrons. The molecule has 0 aromatic carbocycles. The number of rotatable bonds is 8. The molecule has 2 aliphatic heterocycles. The van der Waals surface area contributed by atoms with Crippen LogP contribution in [0, 0.1) is 0 Å². The second-order valence-corrected chi connectivity index (χ2v) is 6.89. The number of hydrogen-bond donors (Lipinski definition) is 4. The van der Waals surface area contributed by atoms with Crippen LogP contribution in [0.4, 0.5) is 4.79 Å². The molecule has 0 aliphatic carbocycles. The summed E-state index contributed by atoms with van der Waals surface area (Å²) in [4.78, 5) is 58.5. The van der Waals surface area contributed by atoms with Gasteiger partial charge in [0.05, 0.1) is 0 Å². The lowest BCUT2D eigenvalue weighted by Crippen LogP contribution is -2.70. The highest BCUT2D eigenvalue weighted by Gasteiger charge is 2.54. The number of ether oxygens (including phenoxy) is 1. The lowest BCUT2D eigenvalue weighted by molar-refractivity contribution is -0.150. The van der Waals surface area contributed by atoms with Gasteiger partial charge in [0, 0.05) is 31.2 Å². The molecule has 2 unspecified atom stereocenters. The van der Waals surface area contributed by atoms with Gasteiger partial charge < -0.3 is 25.6 Å². The van der Waals surface area contributed by atoms with Crippen LogP contribution < -0.4 is 10.6 Å². The number of amides is 3. The monoisotopic (exact) mass is 401 g/mol. The van der Waals surface area contributed by atoms with Crippen LogP contribution in [0.1, 0.15) is 19.3 Å². The number of thioether (sulfide) groups is 1. The zero-order chi connectivity index (χ0) is 20.1. The average Bonchev–Trinajstić information content (AvgIpc) is 2.62. The normalized spacial score (nSPS) is 21.1. The summed E-state index contributed by atoms with van der Waals surface area (Å²) in [5.41, 5.74) is 0.0379. The fraction of sp³-hybridized carbons (Fsp3) is 0.533. The van der Waals surface area contributed by atoms with Gasteiger partial charge in [0.25, 0.3) is 5.91 Å². The van der Waals surface area contributed by atoms with Crippen LogP contribution >= 0.6 is 11.8 Å². The quantitative estimate of drug-likeness (QED) is 0.387. The average molecular weight is 401 g/mol. The highest BCUT2D eigenvalue weighted by Crippen LogP contribution is 2.40. The van der Waals surface area contributed by atoms with E-state index in [0.717, 1.165) is 4.90 Å². The number of alkyl carbamates (subject to hydrolysis) is 1. The second-order valence-electron chi connectivity index (χ2n) is 5.79. The molecule has 2 heterocycles. The lowest BCUT2D eigenvalue weighted by Gasteiger charge is -2.49. The van der Waals surface area contributed by atoms with Crippen molar-refractivity contribution in [2.75, 3.05) is 19.4 Å². The number of carboxylic acid groups (broad SMARTS) is 2. The van der Waals surface area contributed by atoms with E-state index in [2.05, 4.69) is 10.6 Å². The largest absolute Gasteiger partial charge is 0.481 e. The van der Waals surface area contributed by atoms with Gasteiger partial charge in [-0.3, -0.25) is 19.3 Å². The van der Waals surface area contributed by atoms with E-state index in [9.17, 15) is 29.1 Å². The van der Waals surface area contributed by atoms with Gasteiger partial charge >= 0.3 is 18.0 Å². The molecule has 12 heteroatoms. The van der Waals surface area contributed by atoms with Gasteiger partial charge in [-0.2, -0.15) is 0 Å². The minimum Gasteiger partial charge on any atom is -0.481 e. The van der Waals surface area contributed by atoms with Crippen molar-refractivity contribution in [1.82, 2.24) is 15.5 Å². The van der Waals surface area contributed by atoms with Gasteiger partial charge in [-0.15, -0.1) is 11.8 Å². The molecule has 0 bridgehead atoms. The highest BCUT2D eigenvalue weighted by atomic mass is 32.2.